The molecule has 6 nitrogen and oxygen atoms in total. The number of nitrogens with zero attached hydrogens (tertiary/aromatic N) is 1. The Hall–Kier alpha value is -3.51. The molecule has 1 aliphatic carbocycles. The third kappa shape index (κ3) is 3.57. The molecule has 0 saturated heterocycles. The number of pyridine rings is 1. The molecule has 3 aromatic rings. The molecule has 1 aromatic heterocycles. The maximum atomic E-state index is 12.8. The zero-order chi connectivity index (χ0) is 21.1. The number of nitrogens with two attached hydrogens (primary N) is 1. The molecule has 2 aromatic carbocycles. The molecular formula is C24H22N2O4. The van der Waals surface area contributed by atoms with E-state index in [1.54, 1.807) is 24.5 Å². The highest BCUT2D eigenvalue weighted by Crippen LogP contribution is 2.44. The lowest BCUT2D eigenvalue weighted by Gasteiger charge is -2.24. The molecule has 1 aliphatic rings. The minimum Gasteiger partial charge on any atom is -0.479 e. The van der Waals surface area contributed by atoms with Crippen molar-refractivity contribution in [1.82, 2.24) is 4.98 Å². The second-order valence-corrected chi connectivity index (χ2v) is 7.46. The molecule has 30 heavy (non-hydrogen) atoms. The van der Waals surface area contributed by atoms with Crippen molar-refractivity contribution >= 4 is 11.9 Å². The highest BCUT2D eigenvalue weighted by Gasteiger charge is 2.44. The molecule has 3 N–H and O–H groups in total. The molecule has 152 valence electrons. The van der Waals surface area contributed by atoms with Crippen LogP contribution in [-0.4, -0.2) is 34.2 Å². The fraction of sp³-hybridized carbons (Fsp3) is 0.208. The number of carbonyl (C=O) groups is 2. The van der Waals surface area contributed by atoms with E-state index in [1.165, 1.54) is 0 Å². The molecule has 0 bridgehead atoms. The van der Waals surface area contributed by atoms with Gasteiger partial charge in [0.1, 0.15) is 6.61 Å². The second-order valence-electron chi connectivity index (χ2n) is 7.46. The van der Waals surface area contributed by atoms with E-state index >= 15 is 0 Å². The number of rotatable bonds is 7. The standard InChI is InChI=1S/C24H22N2O4/c25-24(22(27)28,12-9-16-10-13-26-14-11-16)23(29)30-15-21-19-7-3-1-5-17(19)18-6-2-4-8-20(18)21/h1-8,10-11,13-14,21H,9,12,15,25H2,(H,27,28)/t24-/m1/s1. The van der Waals surface area contributed by atoms with E-state index in [2.05, 4.69) is 4.98 Å². The van der Waals surface area contributed by atoms with Gasteiger partial charge < -0.3 is 15.6 Å². The summed E-state index contributed by atoms with van der Waals surface area (Å²) >= 11 is 0. The van der Waals surface area contributed by atoms with Crippen LogP contribution in [0.5, 0.6) is 0 Å². The van der Waals surface area contributed by atoms with Crippen LogP contribution in [-0.2, 0) is 20.7 Å². The molecular weight excluding hydrogens is 380 g/mol. The minimum atomic E-state index is -2.11. The molecule has 0 saturated carbocycles. The van der Waals surface area contributed by atoms with E-state index < -0.39 is 17.5 Å². The number of carboxylic acids is 1. The number of aromatic nitrogens is 1. The van der Waals surface area contributed by atoms with Gasteiger partial charge >= 0.3 is 11.9 Å². The first-order valence-corrected chi connectivity index (χ1v) is 9.77. The first kappa shape index (κ1) is 19.8. The monoisotopic (exact) mass is 402 g/mol. The predicted molar refractivity (Wildman–Crippen MR) is 112 cm³/mol. The Morgan fingerprint density at radius 2 is 1.53 bits per heavy atom. The molecule has 4 rings (SSSR count). The summed E-state index contributed by atoms with van der Waals surface area (Å²) in [6.45, 7) is 0.0361. The van der Waals surface area contributed by atoms with Gasteiger partial charge in [-0.15, -0.1) is 0 Å². The van der Waals surface area contributed by atoms with Crippen molar-refractivity contribution < 1.29 is 19.4 Å². The second kappa shape index (κ2) is 8.08. The number of hydrogen-bond acceptors (Lipinski definition) is 5. The van der Waals surface area contributed by atoms with Gasteiger partial charge in [0.2, 0.25) is 5.54 Å². The number of aliphatic carboxylic acids is 1. The number of carbonyl (C=O) groups excluding carboxylic acids is 1. The van der Waals surface area contributed by atoms with E-state index in [0.717, 1.165) is 27.8 Å². The van der Waals surface area contributed by atoms with Crippen LogP contribution in [0.3, 0.4) is 0 Å². The number of carboxylic acid groups (broad SMARTS) is 1. The van der Waals surface area contributed by atoms with Gasteiger partial charge in [-0.25, -0.2) is 9.59 Å². The van der Waals surface area contributed by atoms with Crippen molar-refractivity contribution in [2.75, 3.05) is 6.61 Å². The predicted octanol–water partition coefficient (Wildman–Crippen LogP) is 3.15. The van der Waals surface area contributed by atoms with Crippen molar-refractivity contribution in [1.29, 1.82) is 0 Å². The molecule has 0 radical (unpaired) electrons. The number of esters is 1. The van der Waals surface area contributed by atoms with Crippen LogP contribution in [0.25, 0.3) is 11.1 Å². The van der Waals surface area contributed by atoms with Crippen LogP contribution in [0.1, 0.15) is 29.0 Å². The highest BCUT2D eigenvalue weighted by atomic mass is 16.5. The van der Waals surface area contributed by atoms with Crippen molar-refractivity contribution in [2.24, 2.45) is 5.73 Å². The topological polar surface area (TPSA) is 103 Å². The molecule has 1 atom stereocenters. The summed E-state index contributed by atoms with van der Waals surface area (Å²) in [5.74, 6) is -2.47. The smallest absolute Gasteiger partial charge is 0.337 e. The Balaban J connectivity index is 1.51. The summed E-state index contributed by atoms with van der Waals surface area (Å²) in [7, 11) is 0. The number of hydrogen-bond donors (Lipinski definition) is 2. The first-order valence-electron chi connectivity index (χ1n) is 9.77. The average Bonchev–Trinajstić information content (AvgIpc) is 3.10. The van der Waals surface area contributed by atoms with E-state index in [1.807, 2.05) is 48.5 Å². The molecule has 0 unspecified atom stereocenters. The van der Waals surface area contributed by atoms with Gasteiger partial charge in [0.05, 0.1) is 0 Å². The van der Waals surface area contributed by atoms with Gasteiger partial charge in [-0.3, -0.25) is 4.98 Å². The summed E-state index contributed by atoms with van der Waals surface area (Å²) in [6, 6.07) is 19.4. The van der Waals surface area contributed by atoms with Crippen LogP contribution >= 0.6 is 0 Å². The van der Waals surface area contributed by atoms with Crippen LogP contribution in [0.2, 0.25) is 0 Å². The first-order chi connectivity index (χ1) is 14.5. The van der Waals surface area contributed by atoms with Gasteiger partial charge in [-0.05, 0) is 52.8 Å². The van der Waals surface area contributed by atoms with Crippen molar-refractivity contribution in [3.05, 3.63) is 89.7 Å². The SMILES string of the molecule is N[C@](CCc1ccncc1)(C(=O)O)C(=O)OCC1c2ccccc2-c2ccccc21. The van der Waals surface area contributed by atoms with E-state index in [-0.39, 0.29) is 18.9 Å². The third-order valence-corrected chi connectivity index (χ3v) is 5.65. The van der Waals surface area contributed by atoms with Gasteiger partial charge in [0.25, 0.3) is 0 Å². The van der Waals surface area contributed by atoms with Crippen molar-refractivity contribution in [3.63, 3.8) is 0 Å². The van der Waals surface area contributed by atoms with Gasteiger partial charge in [0.15, 0.2) is 0 Å². The number of fused-ring (bicyclic) bond motifs is 3. The van der Waals surface area contributed by atoms with Crippen LogP contribution in [0.4, 0.5) is 0 Å². The fourth-order valence-electron chi connectivity index (χ4n) is 3.91. The number of aryl methyl sites for hydroxylation is 1. The quantitative estimate of drug-likeness (QED) is 0.465. The Kier molecular flexibility index (Phi) is 5.33. The Morgan fingerprint density at radius 1 is 0.967 bits per heavy atom. The molecule has 0 aliphatic heterocycles. The maximum Gasteiger partial charge on any atom is 0.337 e. The van der Waals surface area contributed by atoms with E-state index in [0.29, 0.717) is 6.42 Å². The van der Waals surface area contributed by atoms with E-state index in [9.17, 15) is 14.7 Å². The summed E-state index contributed by atoms with van der Waals surface area (Å²) in [4.78, 5) is 28.5. The minimum absolute atomic E-state index is 0.0361. The highest BCUT2D eigenvalue weighted by molar-refractivity contribution is 6.03. The third-order valence-electron chi connectivity index (χ3n) is 5.65. The molecule has 0 fully saturated rings. The summed E-state index contributed by atoms with van der Waals surface area (Å²) in [6.07, 6.45) is 3.49. The fourth-order valence-corrected chi connectivity index (χ4v) is 3.91. The molecule has 0 spiro atoms. The average molecular weight is 402 g/mol. The molecule has 1 heterocycles. The number of ether oxygens (including phenoxy) is 1. The van der Waals surface area contributed by atoms with Crippen LogP contribution in [0.15, 0.2) is 73.1 Å². The largest absolute Gasteiger partial charge is 0.479 e. The van der Waals surface area contributed by atoms with Crippen LogP contribution < -0.4 is 5.73 Å². The lowest BCUT2D eigenvalue weighted by atomic mass is 9.92. The van der Waals surface area contributed by atoms with Crippen molar-refractivity contribution in [2.45, 2.75) is 24.3 Å². The molecule has 0 amide bonds. The van der Waals surface area contributed by atoms with Crippen molar-refractivity contribution in [3.8, 4) is 11.1 Å². The van der Waals surface area contributed by atoms with Gasteiger partial charge in [0, 0.05) is 18.3 Å². The van der Waals surface area contributed by atoms with E-state index in [4.69, 9.17) is 10.5 Å². The Bertz CT molecular complexity index is 1040. The lowest BCUT2D eigenvalue weighted by molar-refractivity contribution is -0.161. The Labute approximate surface area is 174 Å². The summed E-state index contributed by atoms with van der Waals surface area (Å²) < 4.78 is 5.50. The lowest BCUT2D eigenvalue weighted by Crippen LogP contribution is -2.56. The summed E-state index contributed by atoms with van der Waals surface area (Å²) in [5, 5.41) is 9.65. The maximum absolute atomic E-state index is 12.8. The number of benzene rings is 2. The van der Waals surface area contributed by atoms with Gasteiger partial charge in [-0.2, -0.15) is 0 Å². The normalized spacial score (nSPS) is 14.4. The van der Waals surface area contributed by atoms with Gasteiger partial charge in [-0.1, -0.05) is 48.5 Å². The summed E-state index contributed by atoms with van der Waals surface area (Å²) in [5.41, 5.74) is 9.08. The zero-order valence-electron chi connectivity index (χ0n) is 16.3. The zero-order valence-corrected chi connectivity index (χ0v) is 16.3. The Morgan fingerprint density at radius 3 is 2.10 bits per heavy atom. The van der Waals surface area contributed by atoms with Crippen LogP contribution in [0, 0.1) is 0 Å². The molecule has 6 heteroatoms.